The van der Waals surface area contributed by atoms with Crippen LogP contribution in [0, 0.1) is 13.8 Å². The number of nitrogens with zero attached hydrogens (tertiary/aromatic N) is 1. The second-order valence-electron chi connectivity index (χ2n) is 6.09. The van der Waals surface area contributed by atoms with Crippen LogP contribution in [0.5, 0.6) is 0 Å². The zero-order chi connectivity index (χ0) is 14.0. The summed E-state index contributed by atoms with van der Waals surface area (Å²) >= 11 is 0. The molecule has 3 heteroatoms. The van der Waals surface area contributed by atoms with E-state index in [1.807, 2.05) is 0 Å². The maximum atomic E-state index is 5.95. The van der Waals surface area contributed by atoms with Crippen molar-refractivity contribution in [2.75, 3.05) is 14.1 Å². The van der Waals surface area contributed by atoms with Crippen LogP contribution in [0.4, 0.5) is 0 Å². The summed E-state index contributed by atoms with van der Waals surface area (Å²) in [7, 11) is 4.36. The van der Waals surface area contributed by atoms with E-state index in [9.17, 15) is 0 Å². The average Bonchev–Trinajstić information content (AvgIpc) is 2.86. The van der Waals surface area contributed by atoms with Crippen molar-refractivity contribution in [3.05, 3.63) is 34.9 Å². The van der Waals surface area contributed by atoms with Gasteiger partial charge in [0.2, 0.25) is 0 Å². The van der Waals surface area contributed by atoms with Crippen molar-refractivity contribution in [3.8, 4) is 0 Å². The summed E-state index contributed by atoms with van der Waals surface area (Å²) in [5.41, 5.74) is 7.30. The van der Waals surface area contributed by atoms with E-state index in [0.717, 1.165) is 0 Å². The molecule has 0 saturated heterocycles. The van der Waals surface area contributed by atoms with Crippen LogP contribution in [0.1, 0.15) is 48.4 Å². The molecule has 2 rings (SSSR count). The Kier molecular flexibility index (Phi) is 4.29. The van der Waals surface area contributed by atoms with Gasteiger partial charge in [-0.15, -0.1) is 0 Å². The van der Waals surface area contributed by atoms with Crippen molar-refractivity contribution < 1.29 is 0 Å². The molecule has 106 valence electrons. The third-order valence-corrected chi connectivity index (χ3v) is 5.02. The maximum Gasteiger partial charge on any atom is 0.0646 e. The van der Waals surface area contributed by atoms with Gasteiger partial charge in [-0.25, -0.2) is 0 Å². The van der Waals surface area contributed by atoms with Gasteiger partial charge in [0.1, 0.15) is 0 Å². The van der Waals surface area contributed by atoms with Gasteiger partial charge in [-0.3, -0.25) is 11.3 Å². The molecule has 1 fully saturated rings. The summed E-state index contributed by atoms with van der Waals surface area (Å²) < 4.78 is 0. The smallest absolute Gasteiger partial charge is 0.0646 e. The van der Waals surface area contributed by atoms with Gasteiger partial charge in [-0.2, -0.15) is 0 Å². The van der Waals surface area contributed by atoms with Gasteiger partial charge in [-0.05, 0) is 57.5 Å². The molecule has 1 aromatic rings. The summed E-state index contributed by atoms with van der Waals surface area (Å²) in [5, 5.41) is 0. The van der Waals surface area contributed by atoms with Gasteiger partial charge in [-0.1, -0.05) is 31.0 Å². The minimum Gasteiger partial charge on any atom is -0.302 e. The van der Waals surface area contributed by atoms with Crippen molar-refractivity contribution in [3.63, 3.8) is 0 Å². The molecule has 0 spiro atoms. The summed E-state index contributed by atoms with van der Waals surface area (Å²) in [6.45, 7) is 4.37. The topological polar surface area (TPSA) is 41.3 Å². The Bertz CT molecular complexity index is 434. The second kappa shape index (κ2) is 5.61. The van der Waals surface area contributed by atoms with Crippen LogP contribution in [-0.4, -0.2) is 24.5 Å². The lowest BCUT2D eigenvalue weighted by Gasteiger charge is -2.43. The first-order valence-corrected chi connectivity index (χ1v) is 7.22. The largest absolute Gasteiger partial charge is 0.302 e. The minimum atomic E-state index is 0.146. The van der Waals surface area contributed by atoms with E-state index in [2.05, 4.69) is 56.5 Å². The van der Waals surface area contributed by atoms with Crippen LogP contribution in [-0.2, 0) is 0 Å². The molecule has 1 aliphatic carbocycles. The van der Waals surface area contributed by atoms with E-state index in [0.29, 0.717) is 0 Å². The molecule has 1 aliphatic rings. The molecular weight excluding hydrogens is 234 g/mol. The van der Waals surface area contributed by atoms with E-state index < -0.39 is 0 Å². The monoisotopic (exact) mass is 261 g/mol. The Morgan fingerprint density at radius 3 is 2.37 bits per heavy atom. The molecule has 0 bridgehead atoms. The minimum absolute atomic E-state index is 0.146. The fourth-order valence-corrected chi connectivity index (χ4v) is 3.60. The SMILES string of the molecule is Cc1cccc(C(NN)C2(N(C)C)CCCC2)c1C. The lowest BCUT2D eigenvalue weighted by Crippen LogP contribution is -2.53. The zero-order valence-electron chi connectivity index (χ0n) is 12.7. The van der Waals surface area contributed by atoms with Gasteiger partial charge in [0.15, 0.2) is 0 Å². The van der Waals surface area contributed by atoms with Gasteiger partial charge in [0.25, 0.3) is 0 Å². The summed E-state index contributed by atoms with van der Waals surface area (Å²) in [5.74, 6) is 5.95. The molecular formula is C16H27N3. The van der Waals surface area contributed by atoms with Crippen LogP contribution in [0.15, 0.2) is 18.2 Å². The standard InChI is InChI=1S/C16H27N3/c1-12-8-7-9-14(13(12)2)15(18-17)16(19(3)4)10-5-6-11-16/h7-9,15,18H,5-6,10-11,17H2,1-4H3. The third kappa shape index (κ3) is 2.42. The number of nitrogens with one attached hydrogen (secondary N) is 1. The normalized spacial score (nSPS) is 19.9. The first kappa shape index (κ1) is 14.5. The zero-order valence-corrected chi connectivity index (χ0v) is 12.7. The van der Waals surface area contributed by atoms with E-state index >= 15 is 0 Å². The first-order chi connectivity index (χ1) is 9.03. The predicted molar refractivity (Wildman–Crippen MR) is 80.9 cm³/mol. The molecule has 1 aromatic carbocycles. The Hall–Kier alpha value is -0.900. The molecule has 0 heterocycles. The number of hydrazine groups is 1. The van der Waals surface area contributed by atoms with E-state index in [1.165, 1.54) is 42.4 Å². The first-order valence-electron chi connectivity index (χ1n) is 7.22. The number of nitrogens with two attached hydrogens (primary N) is 1. The van der Waals surface area contributed by atoms with Crippen LogP contribution < -0.4 is 11.3 Å². The van der Waals surface area contributed by atoms with E-state index in [-0.39, 0.29) is 11.6 Å². The van der Waals surface area contributed by atoms with Crippen LogP contribution >= 0.6 is 0 Å². The summed E-state index contributed by atoms with van der Waals surface area (Å²) in [6, 6.07) is 6.73. The molecule has 1 unspecified atom stereocenters. The van der Waals surface area contributed by atoms with Crippen LogP contribution in [0.2, 0.25) is 0 Å². The van der Waals surface area contributed by atoms with Crippen molar-refractivity contribution in [1.82, 2.24) is 10.3 Å². The van der Waals surface area contributed by atoms with Gasteiger partial charge in [0.05, 0.1) is 6.04 Å². The van der Waals surface area contributed by atoms with Crippen molar-refractivity contribution in [1.29, 1.82) is 0 Å². The number of rotatable bonds is 4. The van der Waals surface area contributed by atoms with Crippen molar-refractivity contribution in [2.24, 2.45) is 5.84 Å². The van der Waals surface area contributed by atoms with Crippen LogP contribution in [0.25, 0.3) is 0 Å². The molecule has 1 saturated carbocycles. The summed E-state index contributed by atoms with van der Waals surface area (Å²) in [4.78, 5) is 2.37. The Morgan fingerprint density at radius 2 is 1.84 bits per heavy atom. The van der Waals surface area contributed by atoms with E-state index in [1.54, 1.807) is 0 Å². The fraction of sp³-hybridized carbons (Fsp3) is 0.625. The fourth-order valence-electron chi connectivity index (χ4n) is 3.60. The van der Waals surface area contributed by atoms with Gasteiger partial charge < -0.3 is 4.90 Å². The van der Waals surface area contributed by atoms with E-state index in [4.69, 9.17) is 5.84 Å². The number of hydrogen-bond acceptors (Lipinski definition) is 3. The highest BCUT2D eigenvalue weighted by Crippen LogP contribution is 2.43. The average molecular weight is 261 g/mol. The number of benzene rings is 1. The third-order valence-electron chi connectivity index (χ3n) is 5.02. The number of aryl methyl sites for hydroxylation is 1. The highest BCUT2D eigenvalue weighted by molar-refractivity contribution is 5.37. The highest BCUT2D eigenvalue weighted by atomic mass is 15.3. The lowest BCUT2D eigenvalue weighted by atomic mass is 9.80. The molecule has 0 aliphatic heterocycles. The molecule has 19 heavy (non-hydrogen) atoms. The molecule has 1 atom stereocenters. The van der Waals surface area contributed by atoms with Crippen molar-refractivity contribution >= 4 is 0 Å². The predicted octanol–water partition coefficient (Wildman–Crippen LogP) is 2.68. The second-order valence-corrected chi connectivity index (χ2v) is 6.09. The van der Waals surface area contributed by atoms with Crippen LogP contribution in [0.3, 0.4) is 0 Å². The quantitative estimate of drug-likeness (QED) is 0.647. The molecule has 0 amide bonds. The lowest BCUT2D eigenvalue weighted by molar-refractivity contribution is 0.104. The van der Waals surface area contributed by atoms with Gasteiger partial charge >= 0.3 is 0 Å². The molecule has 0 radical (unpaired) electrons. The number of likely N-dealkylation sites (N-methyl/N-ethyl adjacent to an activating group) is 1. The van der Waals surface area contributed by atoms with Gasteiger partial charge in [0, 0.05) is 5.54 Å². The highest BCUT2D eigenvalue weighted by Gasteiger charge is 2.44. The Labute approximate surface area is 117 Å². The Balaban J connectivity index is 2.46. The van der Waals surface area contributed by atoms with Crippen molar-refractivity contribution in [2.45, 2.75) is 51.1 Å². The Morgan fingerprint density at radius 1 is 1.21 bits per heavy atom. The summed E-state index contributed by atoms with van der Waals surface area (Å²) in [6.07, 6.45) is 5.01. The molecule has 3 nitrogen and oxygen atoms in total. The molecule has 3 N–H and O–H groups in total. The maximum absolute atomic E-state index is 5.95. The molecule has 0 aromatic heterocycles. The number of hydrogen-bond donors (Lipinski definition) is 2.